The van der Waals surface area contributed by atoms with Crippen LogP contribution >= 0.6 is 0 Å². The molecule has 3 rings (SSSR count). The number of carbonyl (C=O) groups is 1. The lowest BCUT2D eigenvalue weighted by Crippen LogP contribution is -2.37. The van der Waals surface area contributed by atoms with E-state index >= 15 is 0 Å². The molecule has 1 aromatic heterocycles. The number of nitrogens with zero attached hydrogens (tertiary/aromatic N) is 1. The smallest absolute Gasteiger partial charge is 0.308 e. The molecule has 1 aliphatic rings. The summed E-state index contributed by atoms with van der Waals surface area (Å²) in [6.07, 6.45) is 5.51. The van der Waals surface area contributed by atoms with Crippen LogP contribution in [0.4, 0.5) is 5.69 Å². The SMILES string of the molecule is O=C(O)[C@H]1CCCC[C@H]1Nc1cccc2cccnc12. The average molecular weight is 270 g/mol. The Morgan fingerprint density at radius 3 is 2.85 bits per heavy atom. The lowest BCUT2D eigenvalue weighted by atomic mass is 9.84. The number of anilines is 1. The Balaban J connectivity index is 1.90. The zero-order valence-electron chi connectivity index (χ0n) is 11.2. The van der Waals surface area contributed by atoms with Crippen LogP contribution in [0.15, 0.2) is 36.5 Å². The van der Waals surface area contributed by atoms with Crippen LogP contribution in [0.1, 0.15) is 25.7 Å². The van der Waals surface area contributed by atoms with Crippen molar-refractivity contribution in [3.05, 3.63) is 36.5 Å². The number of hydrogen-bond donors (Lipinski definition) is 2. The van der Waals surface area contributed by atoms with E-state index in [0.717, 1.165) is 42.3 Å². The second-order valence-electron chi connectivity index (χ2n) is 5.36. The van der Waals surface area contributed by atoms with E-state index in [4.69, 9.17) is 0 Å². The van der Waals surface area contributed by atoms with Gasteiger partial charge in [-0.1, -0.05) is 31.0 Å². The van der Waals surface area contributed by atoms with Gasteiger partial charge in [0.1, 0.15) is 0 Å². The number of fused-ring (bicyclic) bond motifs is 1. The summed E-state index contributed by atoms with van der Waals surface area (Å²) >= 11 is 0. The van der Waals surface area contributed by atoms with E-state index in [2.05, 4.69) is 10.3 Å². The summed E-state index contributed by atoms with van der Waals surface area (Å²) in [5.41, 5.74) is 1.84. The van der Waals surface area contributed by atoms with Gasteiger partial charge in [-0.25, -0.2) is 0 Å². The Morgan fingerprint density at radius 1 is 1.20 bits per heavy atom. The molecule has 20 heavy (non-hydrogen) atoms. The molecule has 1 saturated carbocycles. The molecule has 1 aromatic carbocycles. The maximum Gasteiger partial charge on any atom is 0.308 e. The van der Waals surface area contributed by atoms with Gasteiger partial charge in [0.05, 0.1) is 17.1 Å². The van der Waals surface area contributed by atoms with Crippen molar-refractivity contribution < 1.29 is 9.90 Å². The minimum Gasteiger partial charge on any atom is -0.481 e. The van der Waals surface area contributed by atoms with Crippen molar-refractivity contribution in [2.75, 3.05) is 5.32 Å². The highest BCUT2D eigenvalue weighted by Gasteiger charge is 2.30. The third-order valence-electron chi connectivity index (χ3n) is 4.06. The molecule has 1 aliphatic carbocycles. The maximum atomic E-state index is 11.4. The summed E-state index contributed by atoms with van der Waals surface area (Å²) in [5.74, 6) is -1.00. The van der Waals surface area contributed by atoms with Crippen molar-refractivity contribution in [1.29, 1.82) is 0 Å². The molecule has 104 valence electrons. The molecule has 2 N–H and O–H groups in total. The summed E-state index contributed by atoms with van der Waals surface area (Å²) in [4.78, 5) is 15.8. The van der Waals surface area contributed by atoms with Gasteiger partial charge in [-0.3, -0.25) is 9.78 Å². The van der Waals surface area contributed by atoms with Crippen LogP contribution in [-0.4, -0.2) is 22.1 Å². The van der Waals surface area contributed by atoms with E-state index in [1.807, 2.05) is 30.3 Å². The van der Waals surface area contributed by atoms with Crippen LogP contribution < -0.4 is 5.32 Å². The molecular weight excluding hydrogens is 252 g/mol. The molecule has 0 radical (unpaired) electrons. The number of aromatic nitrogens is 1. The zero-order chi connectivity index (χ0) is 13.9. The molecule has 2 atom stereocenters. The topological polar surface area (TPSA) is 62.2 Å². The van der Waals surface area contributed by atoms with E-state index in [1.54, 1.807) is 6.20 Å². The highest BCUT2D eigenvalue weighted by Crippen LogP contribution is 2.29. The van der Waals surface area contributed by atoms with E-state index in [-0.39, 0.29) is 12.0 Å². The largest absolute Gasteiger partial charge is 0.481 e. The van der Waals surface area contributed by atoms with Gasteiger partial charge in [0.2, 0.25) is 0 Å². The lowest BCUT2D eigenvalue weighted by molar-refractivity contribution is -0.143. The average Bonchev–Trinajstić information content (AvgIpc) is 2.48. The number of nitrogens with one attached hydrogen (secondary N) is 1. The van der Waals surface area contributed by atoms with Crippen LogP contribution in [-0.2, 0) is 4.79 Å². The second-order valence-corrected chi connectivity index (χ2v) is 5.36. The minimum atomic E-state index is -0.699. The summed E-state index contributed by atoms with van der Waals surface area (Å²) < 4.78 is 0. The third kappa shape index (κ3) is 2.46. The predicted molar refractivity (Wildman–Crippen MR) is 78.7 cm³/mol. The van der Waals surface area contributed by atoms with Crippen LogP contribution in [0.25, 0.3) is 10.9 Å². The van der Waals surface area contributed by atoms with Crippen molar-refractivity contribution in [3.63, 3.8) is 0 Å². The zero-order valence-corrected chi connectivity index (χ0v) is 11.2. The van der Waals surface area contributed by atoms with Gasteiger partial charge in [-0.15, -0.1) is 0 Å². The number of hydrogen-bond acceptors (Lipinski definition) is 3. The molecule has 4 nitrogen and oxygen atoms in total. The van der Waals surface area contributed by atoms with Crippen molar-refractivity contribution in [2.24, 2.45) is 5.92 Å². The van der Waals surface area contributed by atoms with E-state index in [0.29, 0.717) is 0 Å². The molecule has 2 aromatic rings. The first kappa shape index (κ1) is 12.9. The summed E-state index contributed by atoms with van der Waals surface area (Å²) in [7, 11) is 0. The summed E-state index contributed by atoms with van der Waals surface area (Å²) in [6, 6.07) is 9.89. The predicted octanol–water partition coefficient (Wildman–Crippen LogP) is 3.29. The molecule has 0 amide bonds. The summed E-state index contributed by atoms with van der Waals surface area (Å²) in [5, 5.41) is 13.8. The van der Waals surface area contributed by atoms with Crippen molar-refractivity contribution >= 4 is 22.6 Å². The van der Waals surface area contributed by atoms with Gasteiger partial charge in [0.15, 0.2) is 0 Å². The monoisotopic (exact) mass is 270 g/mol. The van der Waals surface area contributed by atoms with Crippen LogP contribution in [0, 0.1) is 5.92 Å². The van der Waals surface area contributed by atoms with Gasteiger partial charge in [-0.2, -0.15) is 0 Å². The highest BCUT2D eigenvalue weighted by atomic mass is 16.4. The fourth-order valence-corrected chi connectivity index (χ4v) is 3.02. The van der Waals surface area contributed by atoms with Gasteiger partial charge in [-0.05, 0) is 25.0 Å². The Morgan fingerprint density at radius 2 is 2.00 bits per heavy atom. The molecule has 1 heterocycles. The highest BCUT2D eigenvalue weighted by molar-refractivity contribution is 5.90. The Bertz CT molecular complexity index is 621. The molecule has 1 fully saturated rings. The molecular formula is C16H18N2O2. The number of carboxylic acids is 1. The minimum absolute atomic E-state index is 0.00569. The van der Waals surface area contributed by atoms with E-state index in [9.17, 15) is 9.90 Å². The number of aliphatic carboxylic acids is 1. The van der Waals surface area contributed by atoms with Crippen LogP contribution in [0.2, 0.25) is 0 Å². The number of benzene rings is 1. The molecule has 4 heteroatoms. The molecule has 0 aliphatic heterocycles. The standard InChI is InChI=1S/C16H18N2O2/c19-16(20)12-7-1-2-8-13(12)18-14-9-3-5-11-6-4-10-17-15(11)14/h3-6,9-10,12-13,18H,1-2,7-8H2,(H,19,20)/t12-,13+/m0/s1. The first-order valence-corrected chi connectivity index (χ1v) is 7.09. The van der Waals surface area contributed by atoms with Crippen LogP contribution in [0.3, 0.4) is 0 Å². The molecule has 0 spiro atoms. The molecule has 0 bridgehead atoms. The number of para-hydroxylation sites is 1. The normalized spacial score (nSPS) is 22.6. The van der Waals surface area contributed by atoms with Gasteiger partial charge >= 0.3 is 5.97 Å². The van der Waals surface area contributed by atoms with Gasteiger partial charge in [0, 0.05) is 17.6 Å². The van der Waals surface area contributed by atoms with Crippen molar-refractivity contribution in [2.45, 2.75) is 31.7 Å². The van der Waals surface area contributed by atoms with Crippen molar-refractivity contribution in [3.8, 4) is 0 Å². The number of carboxylic acid groups (broad SMARTS) is 1. The first-order chi connectivity index (χ1) is 9.75. The van der Waals surface area contributed by atoms with E-state index < -0.39 is 5.97 Å². The lowest BCUT2D eigenvalue weighted by Gasteiger charge is -2.30. The Kier molecular flexibility index (Phi) is 3.54. The fraction of sp³-hybridized carbons (Fsp3) is 0.375. The summed E-state index contributed by atoms with van der Waals surface area (Å²) in [6.45, 7) is 0. The molecule has 0 unspecified atom stereocenters. The number of rotatable bonds is 3. The second kappa shape index (κ2) is 5.49. The molecule has 0 saturated heterocycles. The van der Waals surface area contributed by atoms with Gasteiger partial charge < -0.3 is 10.4 Å². The Labute approximate surface area is 117 Å². The van der Waals surface area contributed by atoms with Crippen LogP contribution in [0.5, 0.6) is 0 Å². The quantitative estimate of drug-likeness (QED) is 0.898. The van der Waals surface area contributed by atoms with E-state index in [1.165, 1.54) is 0 Å². The first-order valence-electron chi connectivity index (χ1n) is 7.09. The Hall–Kier alpha value is -2.10. The van der Waals surface area contributed by atoms with Gasteiger partial charge in [0.25, 0.3) is 0 Å². The fourth-order valence-electron chi connectivity index (χ4n) is 3.02. The maximum absolute atomic E-state index is 11.4. The van der Waals surface area contributed by atoms with Crippen molar-refractivity contribution in [1.82, 2.24) is 4.98 Å². The number of pyridine rings is 1. The third-order valence-corrected chi connectivity index (χ3v) is 4.06.